The van der Waals surface area contributed by atoms with E-state index in [9.17, 15) is 2.74 Å². The summed E-state index contributed by atoms with van der Waals surface area (Å²) in [7, 11) is 0. The third-order valence-electron chi connectivity index (χ3n) is 11.7. The minimum absolute atomic E-state index is 0. The first-order chi connectivity index (χ1) is 26.9. The minimum Gasteiger partial charge on any atom is -0.510 e. The number of hydrogen-bond acceptors (Lipinski definition) is 6. The van der Waals surface area contributed by atoms with Gasteiger partial charge in [-0.1, -0.05) is 110 Å². The molecule has 0 saturated heterocycles. The number of benzene rings is 4. The number of rotatable bonds is 4. The molecule has 57 heavy (non-hydrogen) atoms. The summed E-state index contributed by atoms with van der Waals surface area (Å²) in [6.07, 6.45) is 0.0570. The van der Waals surface area contributed by atoms with E-state index in [0.29, 0.717) is 28.5 Å². The molecule has 0 unspecified atom stereocenters. The van der Waals surface area contributed by atoms with Crippen molar-refractivity contribution in [3.63, 3.8) is 0 Å². The summed E-state index contributed by atoms with van der Waals surface area (Å²) >= 11 is 1.74. The Morgan fingerprint density at radius 3 is 2.19 bits per heavy atom. The van der Waals surface area contributed by atoms with Crippen molar-refractivity contribution in [2.24, 2.45) is 10.4 Å². The van der Waals surface area contributed by atoms with Gasteiger partial charge < -0.3 is 14.4 Å². The van der Waals surface area contributed by atoms with E-state index in [-0.39, 0.29) is 31.9 Å². The number of ether oxygens (including phenoxy) is 2. The normalized spacial score (nSPS) is 21.2. The third-order valence-corrected chi connectivity index (χ3v) is 12.8. The van der Waals surface area contributed by atoms with E-state index < -0.39 is 22.9 Å². The number of aliphatic imine (C=N–C) groups is 1. The van der Waals surface area contributed by atoms with Crippen LogP contribution in [0.4, 0.5) is 17.2 Å². The Morgan fingerprint density at radius 2 is 1.51 bits per heavy atom. The van der Waals surface area contributed by atoms with E-state index in [1.54, 1.807) is 11.8 Å². The molecule has 8 rings (SSSR count). The van der Waals surface area contributed by atoms with Gasteiger partial charge in [0, 0.05) is 37.1 Å². The SMILES string of the molecule is [2H]C1([2H])c2cc(C)c(C)cc2[C@@]2(C)N=C(c3[c-]c(Oc4[c-]c5c(cc4C)Sc4cc(C)ccc4N5c4cc(C(C)(C)C)ccn4)cc(C(C)(C)C)c3)O[C@@]12C(C)(C)C.[Pt+2]. The van der Waals surface area contributed by atoms with Gasteiger partial charge in [-0.25, -0.2) is 4.98 Å². The molecule has 4 aromatic carbocycles. The van der Waals surface area contributed by atoms with Gasteiger partial charge in [0.25, 0.3) is 0 Å². The maximum atomic E-state index is 9.77. The summed E-state index contributed by atoms with van der Waals surface area (Å²) in [5, 5.41) is 0. The topological polar surface area (TPSA) is 47.0 Å². The Bertz CT molecular complexity index is 2570. The summed E-state index contributed by atoms with van der Waals surface area (Å²) < 4.78 is 33.5. The average Bonchev–Trinajstić information content (AvgIpc) is 3.53. The zero-order chi connectivity index (χ0) is 42.1. The molecule has 0 amide bonds. The third kappa shape index (κ3) is 6.87. The Morgan fingerprint density at radius 1 is 0.807 bits per heavy atom. The fourth-order valence-electron chi connectivity index (χ4n) is 8.22. The van der Waals surface area contributed by atoms with Gasteiger partial charge in [-0.2, -0.15) is 17.8 Å². The van der Waals surface area contributed by atoms with Crippen molar-refractivity contribution in [1.82, 2.24) is 4.98 Å². The van der Waals surface area contributed by atoms with Crippen LogP contribution in [0.5, 0.6) is 11.5 Å². The first-order valence-corrected chi connectivity index (χ1v) is 20.5. The quantitative estimate of drug-likeness (QED) is 0.165. The molecular formula is C50H55N3O2PtS. The Balaban J connectivity index is 0.00000528. The monoisotopic (exact) mass is 958 g/mol. The second kappa shape index (κ2) is 13.9. The van der Waals surface area contributed by atoms with Gasteiger partial charge in [-0.3, -0.25) is 4.99 Å². The van der Waals surface area contributed by atoms with Crippen LogP contribution in [0.25, 0.3) is 0 Å². The van der Waals surface area contributed by atoms with Gasteiger partial charge in [0.2, 0.25) is 0 Å². The van der Waals surface area contributed by atoms with Crippen LogP contribution < -0.4 is 9.64 Å². The Hall–Kier alpha value is -3.86. The van der Waals surface area contributed by atoms with Crippen LogP contribution in [0.1, 0.15) is 122 Å². The molecule has 5 nitrogen and oxygen atoms in total. The summed E-state index contributed by atoms with van der Waals surface area (Å²) in [5.41, 5.74) is 7.29. The summed E-state index contributed by atoms with van der Waals surface area (Å²) in [4.78, 5) is 14.7. The van der Waals surface area contributed by atoms with Gasteiger partial charge in [0.1, 0.15) is 22.9 Å². The number of fused-ring (bicyclic) bond motifs is 5. The largest absolute Gasteiger partial charge is 2.00 e. The van der Waals surface area contributed by atoms with Crippen molar-refractivity contribution in [3.05, 3.63) is 129 Å². The van der Waals surface area contributed by atoms with E-state index in [0.717, 1.165) is 54.8 Å². The van der Waals surface area contributed by atoms with Crippen LogP contribution in [0.3, 0.4) is 0 Å². The van der Waals surface area contributed by atoms with Crippen LogP contribution in [0.15, 0.2) is 81.6 Å². The fourth-order valence-corrected chi connectivity index (χ4v) is 9.44. The summed E-state index contributed by atoms with van der Waals surface area (Å²) in [5.74, 6) is 2.28. The number of nitrogens with zero attached hydrogens (tertiary/aromatic N) is 3. The summed E-state index contributed by atoms with van der Waals surface area (Å²) in [6.45, 7) is 29.7. The zero-order valence-corrected chi connectivity index (χ0v) is 38.8. The van der Waals surface area contributed by atoms with E-state index in [2.05, 4.69) is 149 Å². The van der Waals surface area contributed by atoms with Gasteiger partial charge in [0.05, 0.1) is 5.69 Å². The van der Waals surface area contributed by atoms with E-state index in [1.165, 1.54) is 11.1 Å². The van der Waals surface area contributed by atoms with E-state index in [1.807, 2.05) is 32.2 Å². The maximum Gasteiger partial charge on any atom is 2.00 e. The molecule has 3 heterocycles. The minimum atomic E-state index is -1.84. The predicted octanol–water partition coefficient (Wildman–Crippen LogP) is 13.3. The molecule has 0 N–H and O–H groups in total. The first kappa shape index (κ1) is 38.6. The molecule has 7 heteroatoms. The van der Waals surface area contributed by atoms with Crippen molar-refractivity contribution < 1.29 is 33.3 Å². The Kier molecular flexibility index (Phi) is 9.41. The van der Waals surface area contributed by atoms with Crippen LogP contribution in [-0.4, -0.2) is 16.5 Å². The zero-order valence-electron chi connectivity index (χ0n) is 37.7. The molecule has 0 bridgehead atoms. The predicted molar refractivity (Wildman–Crippen MR) is 231 cm³/mol. The fraction of sp³-hybridized carbons (Fsp3) is 0.400. The number of hydrogen-bond donors (Lipinski definition) is 0. The van der Waals surface area contributed by atoms with Gasteiger partial charge >= 0.3 is 21.1 Å². The maximum absolute atomic E-state index is 9.77. The van der Waals surface area contributed by atoms with E-state index in [4.69, 9.17) is 19.5 Å². The van der Waals surface area contributed by atoms with Crippen LogP contribution >= 0.6 is 11.8 Å². The van der Waals surface area contributed by atoms with Crippen LogP contribution in [0.2, 0.25) is 0 Å². The molecule has 298 valence electrons. The molecule has 3 aliphatic rings. The molecular weight excluding hydrogens is 902 g/mol. The number of aryl methyl sites for hydroxylation is 4. The molecule has 1 aromatic heterocycles. The molecule has 5 aromatic rings. The van der Waals surface area contributed by atoms with Crippen molar-refractivity contribution >= 4 is 34.9 Å². The Labute approximate surface area is 362 Å². The summed E-state index contributed by atoms with van der Waals surface area (Å²) in [6, 6.07) is 28.4. The molecule has 2 atom stereocenters. The first-order valence-electron chi connectivity index (χ1n) is 20.6. The van der Waals surface area contributed by atoms with Crippen LogP contribution in [0, 0.1) is 45.2 Å². The second-order valence-corrected chi connectivity index (χ2v) is 20.3. The molecule has 0 radical (unpaired) electrons. The van der Waals surface area contributed by atoms with Gasteiger partial charge in [0.15, 0.2) is 0 Å². The van der Waals surface area contributed by atoms with Crippen molar-refractivity contribution in [1.29, 1.82) is 0 Å². The number of pyridine rings is 1. The molecule has 0 saturated carbocycles. The molecule has 2 aliphatic heterocycles. The van der Waals surface area contributed by atoms with Gasteiger partial charge in [-0.15, -0.1) is 23.3 Å². The second-order valence-electron chi connectivity index (χ2n) is 19.2. The van der Waals surface area contributed by atoms with Crippen molar-refractivity contribution in [3.8, 4) is 11.5 Å². The van der Waals surface area contributed by atoms with Crippen molar-refractivity contribution in [2.45, 2.75) is 135 Å². The smallest absolute Gasteiger partial charge is 0.510 e. The molecule has 0 spiro atoms. The standard InChI is InChI=1S/C50H55N3O2S.Pt/c1-29-15-16-39-42(19-29)56-43-22-32(4)41(27-40(43)53(39)44-26-35(17-18-51-44)46(5,6)7)54-37-24-33(23-36(25-37)47(8,9)10)45-52-49(14)38-21-31(3)30(2)20-34(38)28-50(49,55-45)48(11,12)13;/h15-23,25-26H,28H2,1-14H3;/q-2;+2/t49-,50-;/m1./s1/i28D2;. The average molecular weight is 959 g/mol. The van der Waals surface area contributed by atoms with E-state index >= 15 is 0 Å². The molecule has 0 fully saturated rings. The number of aromatic nitrogens is 1. The molecule has 1 aliphatic carbocycles. The van der Waals surface area contributed by atoms with Crippen molar-refractivity contribution in [2.75, 3.05) is 4.90 Å². The number of anilines is 3. The van der Waals surface area contributed by atoms with Crippen LogP contribution in [-0.2, 0) is 48.5 Å². The van der Waals surface area contributed by atoms with Gasteiger partial charge in [-0.05, 0) is 102 Å².